The van der Waals surface area contributed by atoms with E-state index in [0.717, 1.165) is 24.8 Å². The second-order valence-electron chi connectivity index (χ2n) is 4.08. The van der Waals surface area contributed by atoms with Crippen LogP contribution in [0.4, 0.5) is 0 Å². The molecule has 0 radical (unpaired) electrons. The van der Waals surface area contributed by atoms with Crippen molar-refractivity contribution in [1.29, 1.82) is 0 Å². The maximum atomic E-state index is 11.8. The van der Waals surface area contributed by atoms with E-state index in [4.69, 9.17) is 0 Å². The lowest BCUT2D eigenvalue weighted by molar-refractivity contribution is -0.118. The van der Waals surface area contributed by atoms with Crippen LogP contribution in [0, 0.1) is 11.8 Å². The maximum Gasteiger partial charge on any atom is 0.162 e. The first-order chi connectivity index (χ1) is 6.33. The zero-order valence-corrected chi connectivity index (χ0v) is 7.96. The van der Waals surface area contributed by atoms with E-state index >= 15 is 0 Å². The van der Waals surface area contributed by atoms with Crippen LogP contribution in [0.2, 0.25) is 0 Å². The molecule has 2 atom stereocenters. The summed E-state index contributed by atoms with van der Waals surface area (Å²) < 4.78 is 0. The Balaban J connectivity index is 2.04. The first kappa shape index (κ1) is 8.74. The fraction of sp³-hybridized carbons (Fsp3) is 0.583. The Hall–Kier alpha value is -0.850. The Morgan fingerprint density at radius 2 is 2.38 bits per heavy atom. The highest BCUT2D eigenvalue weighted by molar-refractivity contribution is 6.00. The Kier molecular flexibility index (Phi) is 2.34. The summed E-state index contributed by atoms with van der Waals surface area (Å²) in [5.41, 5.74) is 1.08. The fourth-order valence-corrected chi connectivity index (χ4v) is 2.56. The minimum Gasteiger partial charge on any atom is -0.294 e. The van der Waals surface area contributed by atoms with Crippen molar-refractivity contribution in [3.05, 3.63) is 24.3 Å². The summed E-state index contributed by atoms with van der Waals surface area (Å²) >= 11 is 0. The predicted octanol–water partition coefficient (Wildman–Crippen LogP) is 2.88. The van der Waals surface area contributed by atoms with Crippen LogP contribution in [0.15, 0.2) is 24.3 Å². The molecule has 2 unspecified atom stereocenters. The SMILES string of the molecule is C=CCCC1=CC2CCCC2C1=O. The van der Waals surface area contributed by atoms with Crippen molar-refractivity contribution >= 4 is 5.78 Å². The average molecular weight is 176 g/mol. The molecule has 0 N–H and O–H groups in total. The number of hydrogen-bond donors (Lipinski definition) is 0. The Morgan fingerprint density at radius 3 is 3.08 bits per heavy atom. The zero-order valence-electron chi connectivity index (χ0n) is 7.96. The van der Waals surface area contributed by atoms with Crippen molar-refractivity contribution < 1.29 is 4.79 Å². The summed E-state index contributed by atoms with van der Waals surface area (Å²) in [7, 11) is 0. The molecule has 1 fully saturated rings. The van der Waals surface area contributed by atoms with E-state index in [1.807, 2.05) is 6.08 Å². The number of carbonyl (C=O) groups excluding carboxylic acids is 1. The normalized spacial score (nSPS) is 31.7. The lowest BCUT2D eigenvalue weighted by atomic mass is 9.97. The van der Waals surface area contributed by atoms with Crippen molar-refractivity contribution in [1.82, 2.24) is 0 Å². The number of Topliss-reactive ketones (excluding diaryl/α,β-unsaturated/α-hetero) is 1. The molecule has 0 aromatic rings. The summed E-state index contributed by atoms with van der Waals surface area (Å²) in [6.07, 6.45) is 9.57. The van der Waals surface area contributed by atoms with Crippen molar-refractivity contribution in [2.24, 2.45) is 11.8 Å². The quantitative estimate of drug-likeness (QED) is 0.604. The summed E-state index contributed by atoms with van der Waals surface area (Å²) in [5.74, 6) is 1.39. The van der Waals surface area contributed by atoms with E-state index in [9.17, 15) is 4.79 Å². The van der Waals surface area contributed by atoms with Gasteiger partial charge < -0.3 is 0 Å². The number of rotatable bonds is 3. The monoisotopic (exact) mass is 176 g/mol. The molecule has 0 aliphatic heterocycles. The first-order valence-corrected chi connectivity index (χ1v) is 5.18. The number of carbonyl (C=O) groups is 1. The number of ketones is 1. The van der Waals surface area contributed by atoms with Crippen molar-refractivity contribution in [2.75, 3.05) is 0 Å². The molecule has 0 amide bonds. The van der Waals surface area contributed by atoms with Crippen LogP contribution in [-0.4, -0.2) is 5.78 Å². The first-order valence-electron chi connectivity index (χ1n) is 5.18. The standard InChI is InChI=1S/C12H16O/c1-2-3-5-10-8-9-6-4-7-11(9)12(10)13/h2,8-9,11H,1,3-7H2. The van der Waals surface area contributed by atoms with Gasteiger partial charge in [0.15, 0.2) is 5.78 Å². The predicted molar refractivity (Wildman–Crippen MR) is 53.4 cm³/mol. The van der Waals surface area contributed by atoms with E-state index < -0.39 is 0 Å². The van der Waals surface area contributed by atoms with E-state index in [-0.39, 0.29) is 0 Å². The lowest BCUT2D eigenvalue weighted by Crippen LogP contribution is -2.11. The molecular weight excluding hydrogens is 160 g/mol. The number of allylic oxidation sites excluding steroid dienone is 3. The van der Waals surface area contributed by atoms with E-state index in [2.05, 4.69) is 12.7 Å². The van der Waals surface area contributed by atoms with E-state index in [0.29, 0.717) is 17.6 Å². The molecule has 0 aromatic heterocycles. The van der Waals surface area contributed by atoms with Crippen LogP contribution >= 0.6 is 0 Å². The van der Waals surface area contributed by atoms with Crippen molar-refractivity contribution in [2.45, 2.75) is 32.1 Å². The number of hydrogen-bond acceptors (Lipinski definition) is 1. The van der Waals surface area contributed by atoms with Gasteiger partial charge >= 0.3 is 0 Å². The third kappa shape index (κ3) is 1.48. The molecule has 2 aliphatic rings. The Morgan fingerprint density at radius 1 is 1.54 bits per heavy atom. The second-order valence-corrected chi connectivity index (χ2v) is 4.08. The van der Waals surface area contributed by atoms with Gasteiger partial charge in [0.1, 0.15) is 0 Å². The van der Waals surface area contributed by atoms with Gasteiger partial charge in [0.25, 0.3) is 0 Å². The van der Waals surface area contributed by atoms with Crippen molar-refractivity contribution in [3.8, 4) is 0 Å². The third-order valence-electron chi connectivity index (χ3n) is 3.26. The fourth-order valence-electron chi connectivity index (χ4n) is 2.56. The average Bonchev–Trinajstić information content (AvgIpc) is 2.67. The van der Waals surface area contributed by atoms with Crippen LogP contribution in [0.25, 0.3) is 0 Å². The van der Waals surface area contributed by atoms with Crippen LogP contribution in [-0.2, 0) is 4.79 Å². The third-order valence-corrected chi connectivity index (χ3v) is 3.26. The maximum absolute atomic E-state index is 11.8. The molecule has 0 spiro atoms. The molecule has 0 saturated heterocycles. The minimum absolute atomic E-state index is 0.361. The van der Waals surface area contributed by atoms with Crippen LogP contribution in [0.3, 0.4) is 0 Å². The molecule has 1 heteroatoms. The molecule has 0 bridgehead atoms. The zero-order chi connectivity index (χ0) is 9.26. The van der Waals surface area contributed by atoms with Crippen LogP contribution in [0.1, 0.15) is 32.1 Å². The Labute approximate surface area is 79.5 Å². The van der Waals surface area contributed by atoms with Gasteiger partial charge in [-0.25, -0.2) is 0 Å². The molecule has 13 heavy (non-hydrogen) atoms. The van der Waals surface area contributed by atoms with Gasteiger partial charge in [0.05, 0.1) is 0 Å². The molecule has 70 valence electrons. The smallest absolute Gasteiger partial charge is 0.162 e. The summed E-state index contributed by atoms with van der Waals surface area (Å²) in [4.78, 5) is 11.8. The molecule has 2 rings (SSSR count). The van der Waals surface area contributed by atoms with Gasteiger partial charge in [0, 0.05) is 5.92 Å². The highest BCUT2D eigenvalue weighted by Gasteiger charge is 2.37. The summed E-state index contributed by atoms with van der Waals surface area (Å²) in [6.45, 7) is 3.68. The highest BCUT2D eigenvalue weighted by Crippen LogP contribution is 2.41. The van der Waals surface area contributed by atoms with Gasteiger partial charge in [-0.05, 0) is 37.2 Å². The molecular formula is C12H16O. The molecule has 2 aliphatic carbocycles. The van der Waals surface area contributed by atoms with Gasteiger partial charge in [0.2, 0.25) is 0 Å². The van der Waals surface area contributed by atoms with Gasteiger partial charge in [-0.2, -0.15) is 0 Å². The van der Waals surface area contributed by atoms with Crippen molar-refractivity contribution in [3.63, 3.8) is 0 Å². The Bertz CT molecular complexity index is 262. The van der Waals surface area contributed by atoms with E-state index in [1.165, 1.54) is 12.8 Å². The second kappa shape index (κ2) is 3.49. The van der Waals surface area contributed by atoms with Gasteiger partial charge in [-0.15, -0.1) is 6.58 Å². The van der Waals surface area contributed by atoms with Crippen LogP contribution < -0.4 is 0 Å². The molecule has 1 saturated carbocycles. The summed E-state index contributed by atoms with van der Waals surface area (Å²) in [5, 5.41) is 0. The highest BCUT2D eigenvalue weighted by atomic mass is 16.1. The molecule has 1 nitrogen and oxygen atoms in total. The molecule has 0 heterocycles. The molecule has 0 aromatic carbocycles. The largest absolute Gasteiger partial charge is 0.294 e. The lowest BCUT2D eigenvalue weighted by Gasteiger charge is -2.05. The topological polar surface area (TPSA) is 17.1 Å². The van der Waals surface area contributed by atoms with Gasteiger partial charge in [-0.1, -0.05) is 18.6 Å². The van der Waals surface area contributed by atoms with Crippen LogP contribution in [0.5, 0.6) is 0 Å². The minimum atomic E-state index is 0.361. The number of fused-ring (bicyclic) bond motifs is 1. The summed E-state index contributed by atoms with van der Waals surface area (Å²) in [6, 6.07) is 0. The van der Waals surface area contributed by atoms with Gasteiger partial charge in [-0.3, -0.25) is 4.79 Å². The van der Waals surface area contributed by atoms with E-state index in [1.54, 1.807) is 0 Å².